The van der Waals surface area contributed by atoms with Crippen molar-refractivity contribution in [2.75, 3.05) is 13.2 Å². The van der Waals surface area contributed by atoms with E-state index in [1.54, 1.807) is 0 Å². The standard InChI is InChI=1S/C17H22N2O5S/c1-4-19-12(2)11-16(13(19)3)17(20)24-10-9-23-14-5-7-15(8-6-14)25(18,21)22/h5-8,11H,4,9-10H2,1-3H3,(H2,18,21,22). The number of hydrogen-bond donors (Lipinski definition) is 1. The van der Waals surface area contributed by atoms with Gasteiger partial charge < -0.3 is 14.0 Å². The van der Waals surface area contributed by atoms with Crippen LogP contribution >= 0.6 is 0 Å². The van der Waals surface area contributed by atoms with Crippen molar-refractivity contribution in [2.24, 2.45) is 5.14 Å². The number of aryl methyl sites for hydroxylation is 1. The lowest BCUT2D eigenvalue weighted by Crippen LogP contribution is -2.14. The highest BCUT2D eigenvalue weighted by molar-refractivity contribution is 7.89. The molecule has 0 aliphatic rings. The fraction of sp³-hybridized carbons (Fsp3) is 0.353. The van der Waals surface area contributed by atoms with E-state index < -0.39 is 10.0 Å². The Kier molecular flexibility index (Phi) is 5.86. The van der Waals surface area contributed by atoms with Crippen LogP contribution in [0.3, 0.4) is 0 Å². The van der Waals surface area contributed by atoms with Crippen molar-refractivity contribution in [2.45, 2.75) is 32.2 Å². The maximum atomic E-state index is 12.1. The van der Waals surface area contributed by atoms with Crippen LogP contribution in [0.5, 0.6) is 5.75 Å². The van der Waals surface area contributed by atoms with Gasteiger partial charge in [0.2, 0.25) is 10.0 Å². The summed E-state index contributed by atoms with van der Waals surface area (Å²) in [7, 11) is -3.72. The van der Waals surface area contributed by atoms with E-state index in [2.05, 4.69) is 0 Å². The quantitative estimate of drug-likeness (QED) is 0.597. The second-order valence-electron chi connectivity index (χ2n) is 5.53. The van der Waals surface area contributed by atoms with Gasteiger partial charge in [-0.25, -0.2) is 18.4 Å². The lowest BCUT2D eigenvalue weighted by molar-refractivity contribution is 0.0449. The summed E-state index contributed by atoms with van der Waals surface area (Å²) in [4.78, 5) is 12.2. The third kappa shape index (κ3) is 4.61. The fourth-order valence-corrected chi connectivity index (χ4v) is 3.11. The van der Waals surface area contributed by atoms with E-state index in [0.717, 1.165) is 17.9 Å². The Morgan fingerprint density at radius 1 is 1.16 bits per heavy atom. The van der Waals surface area contributed by atoms with Crippen LogP contribution in [-0.4, -0.2) is 32.2 Å². The number of esters is 1. The normalized spacial score (nSPS) is 11.4. The fourth-order valence-electron chi connectivity index (χ4n) is 2.59. The van der Waals surface area contributed by atoms with E-state index in [1.165, 1.54) is 24.3 Å². The number of carbonyl (C=O) groups excluding carboxylic acids is 1. The van der Waals surface area contributed by atoms with Crippen LogP contribution in [0.15, 0.2) is 35.2 Å². The molecule has 1 aromatic heterocycles. The number of rotatable bonds is 7. The zero-order valence-electron chi connectivity index (χ0n) is 14.5. The van der Waals surface area contributed by atoms with E-state index in [4.69, 9.17) is 14.6 Å². The van der Waals surface area contributed by atoms with Crippen molar-refractivity contribution in [1.82, 2.24) is 4.57 Å². The Labute approximate surface area is 147 Å². The van der Waals surface area contributed by atoms with Crippen molar-refractivity contribution in [3.63, 3.8) is 0 Å². The van der Waals surface area contributed by atoms with Crippen LogP contribution in [-0.2, 0) is 21.3 Å². The molecule has 2 rings (SSSR count). The summed E-state index contributed by atoms with van der Waals surface area (Å²) in [6.07, 6.45) is 0. The molecule has 0 aliphatic heterocycles. The highest BCUT2D eigenvalue weighted by Crippen LogP contribution is 2.17. The van der Waals surface area contributed by atoms with Gasteiger partial charge in [-0.05, 0) is 51.1 Å². The van der Waals surface area contributed by atoms with E-state index >= 15 is 0 Å². The number of nitrogens with zero attached hydrogens (tertiary/aromatic N) is 1. The van der Waals surface area contributed by atoms with Crippen LogP contribution in [0.1, 0.15) is 28.7 Å². The first-order valence-corrected chi connectivity index (χ1v) is 9.38. The predicted molar refractivity (Wildman–Crippen MR) is 93.2 cm³/mol. The van der Waals surface area contributed by atoms with E-state index in [0.29, 0.717) is 11.3 Å². The molecule has 8 heteroatoms. The molecule has 0 saturated carbocycles. The summed E-state index contributed by atoms with van der Waals surface area (Å²) in [5, 5.41) is 5.02. The topological polar surface area (TPSA) is 101 Å². The Morgan fingerprint density at radius 3 is 2.32 bits per heavy atom. The molecular formula is C17H22N2O5S. The van der Waals surface area contributed by atoms with Gasteiger partial charge in [0, 0.05) is 17.9 Å². The van der Waals surface area contributed by atoms with Crippen LogP contribution in [0.2, 0.25) is 0 Å². The smallest absolute Gasteiger partial charge is 0.340 e. The van der Waals surface area contributed by atoms with Crippen molar-refractivity contribution < 1.29 is 22.7 Å². The van der Waals surface area contributed by atoms with Gasteiger partial charge in [-0.1, -0.05) is 0 Å². The van der Waals surface area contributed by atoms with Crippen LogP contribution in [0.25, 0.3) is 0 Å². The number of nitrogens with two attached hydrogens (primary N) is 1. The SMILES string of the molecule is CCn1c(C)cc(C(=O)OCCOc2ccc(S(N)(=O)=O)cc2)c1C. The maximum Gasteiger partial charge on any atom is 0.340 e. The van der Waals surface area contributed by atoms with Gasteiger partial charge in [-0.2, -0.15) is 0 Å². The summed E-state index contributed by atoms with van der Waals surface area (Å²) in [6, 6.07) is 7.52. The second-order valence-corrected chi connectivity index (χ2v) is 7.09. The lowest BCUT2D eigenvalue weighted by atomic mass is 10.2. The predicted octanol–water partition coefficient (Wildman–Crippen LogP) is 2.01. The van der Waals surface area contributed by atoms with Gasteiger partial charge in [0.05, 0.1) is 10.5 Å². The molecule has 7 nitrogen and oxygen atoms in total. The van der Waals surface area contributed by atoms with Gasteiger partial charge >= 0.3 is 5.97 Å². The summed E-state index contributed by atoms with van der Waals surface area (Å²) in [5.41, 5.74) is 2.44. The summed E-state index contributed by atoms with van der Waals surface area (Å²) < 4.78 is 35.0. The average molecular weight is 366 g/mol. The highest BCUT2D eigenvalue weighted by atomic mass is 32.2. The molecule has 0 spiro atoms. The van der Waals surface area contributed by atoms with Crippen LogP contribution < -0.4 is 9.88 Å². The first kappa shape index (κ1) is 19.0. The third-order valence-corrected chi connectivity index (χ3v) is 4.78. The summed E-state index contributed by atoms with van der Waals surface area (Å²) in [5.74, 6) is 0.0774. The van der Waals surface area contributed by atoms with Crippen LogP contribution in [0, 0.1) is 13.8 Å². The average Bonchev–Trinajstić information content (AvgIpc) is 2.85. The largest absolute Gasteiger partial charge is 0.490 e. The molecule has 25 heavy (non-hydrogen) atoms. The first-order valence-electron chi connectivity index (χ1n) is 7.83. The molecule has 0 unspecified atom stereocenters. The molecule has 0 amide bonds. The van der Waals surface area contributed by atoms with E-state index in [9.17, 15) is 13.2 Å². The maximum absolute atomic E-state index is 12.1. The molecule has 136 valence electrons. The molecule has 0 bridgehead atoms. The van der Waals surface area contributed by atoms with Gasteiger partial charge in [0.25, 0.3) is 0 Å². The first-order chi connectivity index (χ1) is 11.7. The summed E-state index contributed by atoms with van der Waals surface area (Å²) in [6.45, 7) is 6.89. The van der Waals surface area contributed by atoms with Gasteiger partial charge in [0.15, 0.2) is 0 Å². The Bertz CT molecular complexity index is 854. The van der Waals surface area contributed by atoms with E-state index in [-0.39, 0.29) is 24.1 Å². The molecule has 0 radical (unpaired) electrons. The molecular weight excluding hydrogens is 344 g/mol. The number of hydrogen-bond acceptors (Lipinski definition) is 5. The second kappa shape index (κ2) is 7.71. The minimum atomic E-state index is -3.72. The molecule has 0 saturated heterocycles. The molecule has 2 N–H and O–H groups in total. The van der Waals surface area contributed by atoms with Crippen molar-refractivity contribution in [3.05, 3.63) is 47.3 Å². The molecule has 0 fully saturated rings. The monoisotopic (exact) mass is 366 g/mol. The van der Waals surface area contributed by atoms with Gasteiger partial charge in [-0.3, -0.25) is 0 Å². The number of benzene rings is 1. The number of carbonyl (C=O) groups is 1. The Morgan fingerprint density at radius 2 is 1.80 bits per heavy atom. The Hall–Kier alpha value is -2.32. The molecule has 0 atom stereocenters. The zero-order chi connectivity index (χ0) is 18.6. The lowest BCUT2D eigenvalue weighted by Gasteiger charge is -2.08. The van der Waals surface area contributed by atoms with Crippen molar-refractivity contribution in [1.29, 1.82) is 0 Å². The van der Waals surface area contributed by atoms with E-state index in [1.807, 2.05) is 31.4 Å². The third-order valence-electron chi connectivity index (χ3n) is 3.85. The highest BCUT2D eigenvalue weighted by Gasteiger charge is 2.16. The van der Waals surface area contributed by atoms with Crippen molar-refractivity contribution >= 4 is 16.0 Å². The number of aromatic nitrogens is 1. The molecule has 1 aromatic carbocycles. The van der Waals surface area contributed by atoms with Gasteiger partial charge in [0.1, 0.15) is 19.0 Å². The number of primary sulfonamides is 1. The molecule has 0 aliphatic carbocycles. The van der Waals surface area contributed by atoms with Crippen LogP contribution in [0.4, 0.5) is 0 Å². The minimum absolute atomic E-state index is 0.0116. The van der Waals surface area contributed by atoms with Gasteiger partial charge in [-0.15, -0.1) is 0 Å². The zero-order valence-corrected chi connectivity index (χ0v) is 15.3. The summed E-state index contributed by atoms with van der Waals surface area (Å²) >= 11 is 0. The molecule has 2 aromatic rings. The molecule has 1 heterocycles. The Balaban J connectivity index is 1.86. The minimum Gasteiger partial charge on any atom is -0.490 e. The number of ether oxygens (including phenoxy) is 2. The number of sulfonamides is 1. The van der Waals surface area contributed by atoms with Crippen molar-refractivity contribution in [3.8, 4) is 5.75 Å².